The molecule has 8 nitrogen and oxygen atoms in total. The van der Waals surface area contributed by atoms with Crippen LogP contribution in [0.15, 0.2) is 57.4 Å². The normalized spacial score (nSPS) is 19.1. The van der Waals surface area contributed by atoms with Gasteiger partial charge < -0.3 is 31.2 Å². The zero-order valence-electron chi connectivity index (χ0n) is 30.4. The van der Waals surface area contributed by atoms with Crippen LogP contribution in [0.3, 0.4) is 0 Å². The van der Waals surface area contributed by atoms with Gasteiger partial charge in [0.05, 0.1) is 37.5 Å². The summed E-state index contributed by atoms with van der Waals surface area (Å²) in [6.45, 7) is 7.83. The number of aliphatic hydroxyl groups is 2. The maximum atomic E-state index is 14.5. The number of hydrogen-bond acceptors (Lipinski definition) is 9. The zero-order valence-corrected chi connectivity index (χ0v) is 31.2. The molecule has 1 aliphatic heterocycles. The molecule has 0 fully saturated rings. The summed E-state index contributed by atoms with van der Waals surface area (Å²) < 4.78 is 55.6. The molecular formula is C38H59F3N4O4S. The lowest BCUT2D eigenvalue weighted by molar-refractivity contribution is -0.0942. The summed E-state index contributed by atoms with van der Waals surface area (Å²) in [6.07, 6.45) is 10.6. The molecule has 6 N–H and O–H groups in total. The van der Waals surface area contributed by atoms with Crippen molar-refractivity contribution in [3.63, 3.8) is 0 Å². The molecule has 1 aromatic carbocycles. The molecule has 0 aromatic heterocycles. The average Bonchev–Trinajstić information content (AvgIpc) is 3.55. The summed E-state index contributed by atoms with van der Waals surface area (Å²) in [5.74, 6) is 0.371. The van der Waals surface area contributed by atoms with Gasteiger partial charge in [-0.3, -0.25) is 0 Å². The molecule has 1 aromatic rings. The predicted molar refractivity (Wildman–Crippen MR) is 199 cm³/mol. The largest absolute Gasteiger partial charge is 0.493 e. The van der Waals surface area contributed by atoms with Gasteiger partial charge in [-0.15, -0.1) is 0 Å². The number of halogens is 3. The molecule has 0 saturated heterocycles. The lowest BCUT2D eigenvalue weighted by Crippen LogP contribution is -2.46. The highest BCUT2D eigenvalue weighted by Crippen LogP contribution is 2.46. The second kappa shape index (κ2) is 19.9. The van der Waals surface area contributed by atoms with Gasteiger partial charge in [0.15, 0.2) is 0 Å². The number of hydrazone groups is 1. The van der Waals surface area contributed by atoms with E-state index < -0.39 is 29.4 Å². The fourth-order valence-electron chi connectivity index (χ4n) is 5.55. The fraction of sp³-hybridized carbons (Fsp3) is 0.658. The SMILES string of the molecule is CCCCCCCCOC1=CCC(=C2SC([C@@](C)(N)CO)=NN2c2cc(CC[C@@](C)(N)CO)ccc2OCCCCCCC)C=C1C(F)(F)F. The van der Waals surface area contributed by atoms with Gasteiger partial charge in [-0.25, -0.2) is 5.01 Å². The van der Waals surface area contributed by atoms with Gasteiger partial charge in [0.1, 0.15) is 27.3 Å². The molecular weight excluding hydrogens is 666 g/mol. The van der Waals surface area contributed by atoms with Crippen LogP contribution in [0, 0.1) is 0 Å². The minimum absolute atomic E-state index is 0.159. The third-order valence-electron chi connectivity index (χ3n) is 8.92. The molecule has 3 rings (SSSR count). The Labute approximate surface area is 301 Å². The van der Waals surface area contributed by atoms with Gasteiger partial charge in [-0.05, 0) is 81.4 Å². The molecule has 50 heavy (non-hydrogen) atoms. The van der Waals surface area contributed by atoms with Crippen LogP contribution in [0.25, 0.3) is 0 Å². The number of aryl methyl sites for hydroxylation is 1. The number of hydrogen-bond donors (Lipinski definition) is 4. The highest BCUT2D eigenvalue weighted by molar-refractivity contribution is 8.17. The molecule has 1 heterocycles. The van der Waals surface area contributed by atoms with Gasteiger partial charge >= 0.3 is 6.18 Å². The molecule has 2 aliphatic rings. The summed E-state index contributed by atoms with van der Waals surface area (Å²) >= 11 is 1.15. The Morgan fingerprint density at radius 3 is 2.10 bits per heavy atom. The van der Waals surface area contributed by atoms with E-state index in [1.54, 1.807) is 18.9 Å². The van der Waals surface area contributed by atoms with Crippen LogP contribution in [0.1, 0.15) is 117 Å². The molecule has 282 valence electrons. The topological polar surface area (TPSA) is 127 Å². The van der Waals surface area contributed by atoms with Gasteiger partial charge in [0, 0.05) is 5.54 Å². The van der Waals surface area contributed by atoms with Crippen LogP contribution < -0.4 is 21.2 Å². The smallest absolute Gasteiger partial charge is 0.419 e. The Balaban J connectivity index is 2.02. The Morgan fingerprint density at radius 2 is 1.50 bits per heavy atom. The molecule has 0 radical (unpaired) electrons. The summed E-state index contributed by atoms with van der Waals surface area (Å²) in [5, 5.41) is 27.1. The van der Waals surface area contributed by atoms with E-state index in [0.29, 0.717) is 53.0 Å². The van der Waals surface area contributed by atoms with E-state index in [1.165, 1.54) is 6.08 Å². The van der Waals surface area contributed by atoms with Crippen LogP contribution in [-0.2, 0) is 11.2 Å². The molecule has 0 amide bonds. The Hall–Kier alpha value is -2.51. The van der Waals surface area contributed by atoms with Crippen molar-refractivity contribution in [2.24, 2.45) is 16.6 Å². The van der Waals surface area contributed by atoms with Gasteiger partial charge in [0.2, 0.25) is 0 Å². The number of unbranched alkanes of at least 4 members (excludes halogenated alkanes) is 9. The van der Waals surface area contributed by atoms with Crippen LogP contribution in [0.4, 0.5) is 18.9 Å². The number of aliphatic hydroxyl groups excluding tert-OH is 2. The van der Waals surface area contributed by atoms with E-state index in [1.807, 2.05) is 18.2 Å². The summed E-state index contributed by atoms with van der Waals surface area (Å²) in [4.78, 5) is 0. The van der Waals surface area contributed by atoms with E-state index in [9.17, 15) is 23.4 Å². The lowest BCUT2D eigenvalue weighted by Gasteiger charge is -2.25. The number of nitrogens with zero attached hydrogens (tertiary/aromatic N) is 2. The zero-order chi connectivity index (χ0) is 36.8. The first-order valence-electron chi connectivity index (χ1n) is 18.2. The van der Waals surface area contributed by atoms with Crippen molar-refractivity contribution in [1.29, 1.82) is 0 Å². The first kappa shape index (κ1) is 41.9. The van der Waals surface area contributed by atoms with Crippen molar-refractivity contribution in [3.05, 3.63) is 57.8 Å². The quantitative estimate of drug-likeness (QED) is 0.0876. The highest BCUT2D eigenvalue weighted by Gasteiger charge is 2.41. The maximum Gasteiger partial charge on any atom is 0.419 e. The summed E-state index contributed by atoms with van der Waals surface area (Å²) in [5.41, 5.74) is 11.7. The maximum absolute atomic E-state index is 14.5. The van der Waals surface area contributed by atoms with Crippen LogP contribution in [0.5, 0.6) is 5.75 Å². The monoisotopic (exact) mass is 724 g/mol. The first-order valence-corrected chi connectivity index (χ1v) is 19.1. The van der Waals surface area contributed by atoms with E-state index in [0.717, 1.165) is 87.6 Å². The standard InChI is InChI=1S/C38H59F3N4O4S/c1-5-7-9-11-13-15-22-48-32-19-17-29(25-30(32)38(39,40)41)34-45(44-35(50-34)37(4,43)27-47)31-24-28(20-21-36(3,42)26-46)16-18-33(31)49-23-14-12-10-8-6-2/h16,18-19,24-25,46-47H,5-15,17,20-23,26-27,42-43H2,1-4H3/t36-,37+/m1/s1. The number of allylic oxidation sites excluding steroid dienone is 4. The van der Waals surface area contributed by atoms with Crippen molar-refractivity contribution in [2.75, 3.05) is 31.4 Å². The van der Waals surface area contributed by atoms with Crippen LogP contribution >= 0.6 is 11.8 Å². The number of alkyl halides is 3. The Kier molecular flexibility index (Phi) is 16.7. The number of benzene rings is 1. The second-order valence-corrected chi connectivity index (χ2v) is 15.0. The molecule has 0 unspecified atom stereocenters. The van der Waals surface area contributed by atoms with Gasteiger partial charge in [-0.1, -0.05) is 89.5 Å². The lowest BCUT2D eigenvalue weighted by atomic mass is 9.95. The predicted octanol–water partition coefficient (Wildman–Crippen LogP) is 8.62. The van der Waals surface area contributed by atoms with E-state index in [2.05, 4.69) is 13.8 Å². The van der Waals surface area contributed by atoms with E-state index >= 15 is 0 Å². The highest BCUT2D eigenvalue weighted by atomic mass is 32.2. The fourth-order valence-corrected chi connectivity index (χ4v) is 6.65. The van der Waals surface area contributed by atoms with Crippen molar-refractivity contribution < 1.29 is 32.9 Å². The third-order valence-corrected chi connectivity index (χ3v) is 10.3. The molecule has 0 bridgehead atoms. The van der Waals surface area contributed by atoms with Crippen molar-refractivity contribution in [3.8, 4) is 5.75 Å². The van der Waals surface area contributed by atoms with Gasteiger partial charge in [0.25, 0.3) is 0 Å². The Bertz CT molecular complexity index is 1360. The second-order valence-electron chi connectivity index (χ2n) is 14.0. The average molecular weight is 725 g/mol. The molecule has 2 atom stereocenters. The van der Waals surface area contributed by atoms with Crippen molar-refractivity contribution >= 4 is 22.5 Å². The Morgan fingerprint density at radius 1 is 0.880 bits per heavy atom. The molecule has 0 spiro atoms. The minimum Gasteiger partial charge on any atom is -0.493 e. The number of rotatable bonds is 22. The van der Waals surface area contributed by atoms with E-state index in [-0.39, 0.29) is 25.4 Å². The third kappa shape index (κ3) is 12.6. The molecule has 0 saturated carbocycles. The number of nitrogens with two attached hydrogens (primary N) is 2. The molecule has 1 aliphatic carbocycles. The van der Waals surface area contributed by atoms with Crippen LogP contribution in [0.2, 0.25) is 0 Å². The van der Waals surface area contributed by atoms with Crippen LogP contribution in [-0.4, -0.2) is 58.9 Å². The summed E-state index contributed by atoms with van der Waals surface area (Å²) in [7, 11) is 0. The number of anilines is 1. The number of thioether (sulfide) groups is 1. The minimum atomic E-state index is -4.64. The number of ether oxygens (including phenoxy) is 2. The van der Waals surface area contributed by atoms with E-state index in [4.69, 9.17) is 26.0 Å². The van der Waals surface area contributed by atoms with Crippen molar-refractivity contribution in [2.45, 2.75) is 135 Å². The molecule has 12 heteroatoms. The first-order chi connectivity index (χ1) is 23.8. The summed E-state index contributed by atoms with van der Waals surface area (Å²) in [6, 6.07) is 5.69. The van der Waals surface area contributed by atoms with Crippen molar-refractivity contribution in [1.82, 2.24) is 0 Å². The van der Waals surface area contributed by atoms with Gasteiger partial charge in [-0.2, -0.15) is 18.3 Å².